The third-order valence-electron chi connectivity index (χ3n) is 4.84. The lowest BCUT2D eigenvalue weighted by molar-refractivity contribution is 0.0924. The molecule has 0 aliphatic rings. The van der Waals surface area contributed by atoms with E-state index in [9.17, 15) is 4.79 Å². The number of hydrogen-bond acceptors (Lipinski definition) is 4. The minimum Gasteiger partial charge on any atom is -0.493 e. The van der Waals surface area contributed by atoms with Crippen molar-refractivity contribution in [2.24, 2.45) is 5.92 Å². The van der Waals surface area contributed by atoms with Crippen LogP contribution in [0.4, 0.5) is 0 Å². The first kappa shape index (κ1) is 21.6. The van der Waals surface area contributed by atoms with Crippen molar-refractivity contribution in [3.63, 3.8) is 0 Å². The van der Waals surface area contributed by atoms with Gasteiger partial charge >= 0.3 is 0 Å². The second kappa shape index (κ2) is 9.49. The molecule has 0 spiro atoms. The zero-order valence-electron chi connectivity index (χ0n) is 17.8. The van der Waals surface area contributed by atoms with Crippen molar-refractivity contribution in [2.75, 3.05) is 21.3 Å². The molecule has 2 aromatic rings. The fourth-order valence-corrected chi connectivity index (χ4v) is 3.16. The molecule has 0 aromatic heterocycles. The molecular weight excluding hydrogens is 354 g/mol. The summed E-state index contributed by atoms with van der Waals surface area (Å²) in [5.41, 5.74) is 2.82. The second-order valence-electron chi connectivity index (χ2n) is 7.43. The summed E-state index contributed by atoms with van der Waals surface area (Å²) in [6.45, 7) is 8.52. The highest BCUT2D eigenvalue weighted by Gasteiger charge is 2.22. The molecule has 1 atom stereocenters. The summed E-state index contributed by atoms with van der Waals surface area (Å²) >= 11 is 0. The molecule has 0 heterocycles. The largest absolute Gasteiger partial charge is 0.493 e. The van der Waals surface area contributed by atoms with Crippen LogP contribution in [-0.4, -0.2) is 27.2 Å². The predicted octanol–water partition coefficient (Wildman–Crippen LogP) is 4.96. The van der Waals surface area contributed by atoms with Crippen molar-refractivity contribution >= 4 is 5.91 Å². The number of methoxy groups -OCH3 is 3. The van der Waals surface area contributed by atoms with Gasteiger partial charge in [-0.25, -0.2) is 0 Å². The smallest absolute Gasteiger partial charge is 0.252 e. The molecular formula is C23H31NO4. The number of ether oxygens (including phenoxy) is 3. The molecule has 0 radical (unpaired) electrons. The maximum absolute atomic E-state index is 13.0. The first-order valence-electron chi connectivity index (χ1n) is 9.53. The van der Waals surface area contributed by atoms with E-state index in [0.717, 1.165) is 5.56 Å². The number of carbonyl (C=O) groups is 1. The van der Waals surface area contributed by atoms with Crippen LogP contribution in [0.15, 0.2) is 36.4 Å². The quantitative estimate of drug-likeness (QED) is 0.697. The van der Waals surface area contributed by atoms with Gasteiger partial charge in [0.05, 0.1) is 27.4 Å². The molecule has 5 heteroatoms. The van der Waals surface area contributed by atoms with Gasteiger partial charge in [-0.3, -0.25) is 4.79 Å². The number of nitrogens with one attached hydrogen (secondary N) is 1. The van der Waals surface area contributed by atoms with Crippen molar-refractivity contribution in [1.29, 1.82) is 0 Å². The summed E-state index contributed by atoms with van der Waals surface area (Å²) in [4.78, 5) is 13.0. The highest BCUT2D eigenvalue weighted by Crippen LogP contribution is 2.38. The van der Waals surface area contributed by atoms with Crippen LogP contribution in [0.25, 0.3) is 0 Å². The Labute approximate surface area is 168 Å². The molecule has 0 saturated carbocycles. The Balaban J connectivity index is 2.32. The Morgan fingerprint density at radius 2 is 1.32 bits per heavy atom. The molecule has 5 nitrogen and oxygen atoms in total. The van der Waals surface area contributed by atoms with Crippen molar-refractivity contribution in [1.82, 2.24) is 5.32 Å². The minimum absolute atomic E-state index is 0.104. The van der Waals surface area contributed by atoms with Gasteiger partial charge in [-0.2, -0.15) is 0 Å². The Bertz CT molecular complexity index is 772. The van der Waals surface area contributed by atoms with Crippen molar-refractivity contribution < 1.29 is 19.0 Å². The summed E-state index contributed by atoms with van der Waals surface area (Å²) in [6, 6.07) is 11.7. The van der Waals surface area contributed by atoms with Gasteiger partial charge < -0.3 is 19.5 Å². The van der Waals surface area contributed by atoms with Gasteiger partial charge in [-0.1, -0.05) is 52.0 Å². The SMILES string of the molecule is COc1cc(C(=O)NC(c2ccc(C(C)C)cc2)C(C)C)cc(OC)c1OC. The number of carbonyl (C=O) groups excluding carboxylic acids is 1. The lowest BCUT2D eigenvalue weighted by Gasteiger charge is -2.24. The van der Waals surface area contributed by atoms with Crippen molar-refractivity contribution in [3.05, 3.63) is 53.1 Å². The molecule has 1 unspecified atom stereocenters. The Kier molecular flexibility index (Phi) is 7.32. The Hall–Kier alpha value is -2.69. The van der Waals surface area contributed by atoms with Gasteiger partial charge in [0.2, 0.25) is 5.75 Å². The first-order chi connectivity index (χ1) is 13.3. The van der Waals surface area contributed by atoms with E-state index in [1.807, 2.05) is 0 Å². The molecule has 1 amide bonds. The first-order valence-corrected chi connectivity index (χ1v) is 9.53. The van der Waals surface area contributed by atoms with Crippen molar-refractivity contribution in [3.8, 4) is 17.2 Å². The summed E-state index contributed by atoms with van der Waals surface area (Å²) in [5.74, 6) is 1.89. The van der Waals surface area contributed by atoms with E-state index in [1.54, 1.807) is 12.1 Å². The molecule has 0 aliphatic heterocycles. The molecule has 28 heavy (non-hydrogen) atoms. The summed E-state index contributed by atoms with van der Waals surface area (Å²) in [7, 11) is 4.61. The van der Waals surface area contributed by atoms with E-state index < -0.39 is 0 Å². The van der Waals surface area contributed by atoms with Crippen LogP contribution >= 0.6 is 0 Å². The van der Waals surface area contributed by atoms with E-state index in [-0.39, 0.29) is 17.9 Å². The third-order valence-corrected chi connectivity index (χ3v) is 4.84. The highest BCUT2D eigenvalue weighted by molar-refractivity contribution is 5.96. The summed E-state index contributed by atoms with van der Waals surface area (Å²) in [5, 5.41) is 3.15. The van der Waals surface area contributed by atoms with Gasteiger partial charge in [0, 0.05) is 5.56 Å². The normalized spacial score (nSPS) is 12.0. The zero-order valence-corrected chi connectivity index (χ0v) is 17.8. The van der Waals surface area contributed by atoms with Gasteiger partial charge in [0.15, 0.2) is 11.5 Å². The average molecular weight is 386 g/mol. The van der Waals surface area contributed by atoms with E-state index in [1.165, 1.54) is 26.9 Å². The van der Waals surface area contributed by atoms with Crippen molar-refractivity contribution in [2.45, 2.75) is 39.7 Å². The van der Waals surface area contributed by atoms with Crippen LogP contribution in [0.2, 0.25) is 0 Å². The van der Waals surface area contributed by atoms with Gasteiger partial charge in [0.1, 0.15) is 0 Å². The topological polar surface area (TPSA) is 56.8 Å². The Morgan fingerprint density at radius 3 is 1.71 bits per heavy atom. The van der Waals surface area contributed by atoms with Gasteiger partial charge in [0.25, 0.3) is 5.91 Å². The highest BCUT2D eigenvalue weighted by atomic mass is 16.5. The van der Waals surface area contributed by atoms with Crippen LogP contribution in [0.3, 0.4) is 0 Å². The van der Waals surface area contributed by atoms with Gasteiger partial charge in [-0.15, -0.1) is 0 Å². The zero-order chi connectivity index (χ0) is 20.8. The fourth-order valence-electron chi connectivity index (χ4n) is 3.16. The van der Waals surface area contributed by atoms with Crippen LogP contribution in [0.5, 0.6) is 17.2 Å². The number of benzene rings is 2. The molecule has 1 N–H and O–H groups in total. The van der Waals surface area contributed by atoms with E-state index >= 15 is 0 Å². The third kappa shape index (κ3) is 4.77. The Morgan fingerprint density at radius 1 is 0.821 bits per heavy atom. The predicted molar refractivity (Wildman–Crippen MR) is 112 cm³/mol. The maximum atomic E-state index is 13.0. The van der Waals surface area contributed by atoms with Crippen LogP contribution in [0, 0.1) is 5.92 Å². The lowest BCUT2D eigenvalue weighted by Crippen LogP contribution is -2.31. The maximum Gasteiger partial charge on any atom is 0.252 e. The molecule has 0 bridgehead atoms. The standard InChI is InChI=1S/C23H31NO4/c1-14(2)16-8-10-17(11-9-16)21(15(3)4)24-23(25)18-12-19(26-5)22(28-7)20(13-18)27-6/h8-15,21H,1-7H3,(H,24,25). The average Bonchev–Trinajstić information content (AvgIpc) is 2.70. The second-order valence-corrected chi connectivity index (χ2v) is 7.43. The molecule has 2 aromatic carbocycles. The minimum atomic E-state index is -0.189. The molecule has 0 aliphatic carbocycles. The summed E-state index contributed by atoms with van der Waals surface area (Å²) < 4.78 is 16.0. The summed E-state index contributed by atoms with van der Waals surface area (Å²) in [6.07, 6.45) is 0. The van der Waals surface area contributed by atoms with E-state index in [4.69, 9.17) is 14.2 Å². The number of hydrogen-bond donors (Lipinski definition) is 1. The van der Waals surface area contributed by atoms with E-state index in [0.29, 0.717) is 28.7 Å². The number of rotatable bonds is 8. The fraction of sp³-hybridized carbons (Fsp3) is 0.435. The van der Waals surface area contributed by atoms with E-state index in [2.05, 4.69) is 57.3 Å². The molecule has 0 saturated heterocycles. The van der Waals surface area contributed by atoms with Crippen LogP contribution < -0.4 is 19.5 Å². The molecule has 152 valence electrons. The van der Waals surface area contributed by atoms with Crippen LogP contribution in [-0.2, 0) is 0 Å². The molecule has 0 fully saturated rings. The lowest BCUT2D eigenvalue weighted by atomic mass is 9.93. The van der Waals surface area contributed by atoms with Gasteiger partial charge in [-0.05, 0) is 35.1 Å². The van der Waals surface area contributed by atoms with Crippen LogP contribution in [0.1, 0.15) is 61.1 Å². The number of amides is 1. The monoisotopic (exact) mass is 385 g/mol. The molecule has 2 rings (SSSR count).